The molecule has 2 aliphatic rings. The fourth-order valence-electron chi connectivity index (χ4n) is 5.66. The number of hydrogen-bond acceptors (Lipinski definition) is 11. The first kappa shape index (κ1) is 31.3. The molecule has 3 aromatic rings. The van der Waals surface area contributed by atoms with Crippen molar-refractivity contribution in [2.24, 2.45) is 0 Å². The number of nitrogens with one attached hydrogen (secondary N) is 1. The minimum absolute atomic E-state index is 0.0947. The highest BCUT2D eigenvalue weighted by molar-refractivity contribution is 7.44. The number of carbonyl (C=O) groups excluding carboxylic acids is 1. The molecular weight excluding hydrogens is 575 g/mol. The first-order chi connectivity index (χ1) is 20.7. The fourth-order valence-corrected chi connectivity index (χ4v) is 7.46. The molecule has 0 spiro atoms. The van der Waals surface area contributed by atoms with Crippen LogP contribution < -0.4 is 5.32 Å². The monoisotopic (exact) mass is 612 g/mol. The molecule has 0 radical (unpaired) electrons. The lowest BCUT2D eigenvalue weighted by atomic mass is 10.0. The number of hydrogen-bond donors (Lipinski definition) is 2. The van der Waals surface area contributed by atoms with E-state index in [4.69, 9.17) is 25.2 Å². The van der Waals surface area contributed by atoms with Gasteiger partial charge in [0.05, 0.1) is 26.6 Å². The van der Waals surface area contributed by atoms with Crippen molar-refractivity contribution in [3.63, 3.8) is 0 Å². The number of carbonyl (C=O) groups is 1. The molecular formula is C28H37N8O6P. The summed E-state index contributed by atoms with van der Waals surface area (Å²) in [6, 6.07) is 8.50. The van der Waals surface area contributed by atoms with E-state index in [1.54, 1.807) is 47.3 Å². The Morgan fingerprint density at radius 1 is 1.26 bits per heavy atom. The Balaban J connectivity index is 1.48. The maximum atomic E-state index is 12.8. The Hall–Kier alpha value is -3.12. The number of aromatic nitrogens is 4. The third-order valence-corrected chi connectivity index (χ3v) is 9.60. The quantitative estimate of drug-likeness (QED) is 0.167. The lowest BCUT2D eigenvalue weighted by Gasteiger charge is -2.38. The molecule has 0 saturated carbocycles. The number of fused-ring (bicyclic) bond motifs is 3. The number of rotatable bonds is 13. The molecule has 1 amide bonds. The molecule has 2 N–H and O–H groups in total. The van der Waals surface area contributed by atoms with Crippen LogP contribution in [0.2, 0.25) is 0 Å². The summed E-state index contributed by atoms with van der Waals surface area (Å²) >= 11 is 0. The predicted molar refractivity (Wildman–Crippen MR) is 158 cm³/mol. The maximum absolute atomic E-state index is 12.8. The first-order valence-corrected chi connectivity index (χ1v) is 15.2. The number of hydroxylamine groups is 2. The summed E-state index contributed by atoms with van der Waals surface area (Å²) < 4.78 is 23.4. The summed E-state index contributed by atoms with van der Waals surface area (Å²) in [4.78, 5) is 35.3. The van der Waals surface area contributed by atoms with E-state index in [9.17, 15) is 9.90 Å². The van der Waals surface area contributed by atoms with Gasteiger partial charge in [0, 0.05) is 17.6 Å². The van der Waals surface area contributed by atoms with Crippen LogP contribution in [0, 0.1) is 6.57 Å². The Labute approximate surface area is 251 Å². The average Bonchev–Trinajstić information content (AvgIpc) is 3.66. The number of nitrogens with zero attached hydrogens (tertiary/aromatic N) is 7. The minimum Gasteiger partial charge on any atom is -0.393 e. The van der Waals surface area contributed by atoms with Crippen molar-refractivity contribution in [3.05, 3.63) is 60.0 Å². The smallest absolute Gasteiger partial charge is 0.259 e. The topological polar surface area (TPSA) is 141 Å². The van der Waals surface area contributed by atoms with E-state index in [1.807, 2.05) is 6.07 Å². The van der Waals surface area contributed by atoms with Crippen LogP contribution in [0.4, 0.5) is 5.82 Å². The average molecular weight is 613 g/mol. The fraction of sp³-hybridized carbons (Fsp3) is 0.536. The van der Waals surface area contributed by atoms with Crippen LogP contribution in [0.5, 0.6) is 0 Å². The summed E-state index contributed by atoms with van der Waals surface area (Å²) in [5.41, 5.74) is 0.161. The minimum atomic E-state index is -1.63. The van der Waals surface area contributed by atoms with Crippen molar-refractivity contribution in [1.29, 1.82) is 0 Å². The SMILES string of the molecule is [C-]#[N+]CCOP(O[C@H]1[C@@H]2[C@H](n3cnc4c(NC(=O)c5ccccc5)ncnc43)O[C@@]1(CO)CN2OC)N(C(C)C)C(C)C. The number of morpholine rings is 1. The van der Waals surface area contributed by atoms with Gasteiger partial charge in [-0.05, 0) is 39.8 Å². The predicted octanol–water partition coefficient (Wildman–Crippen LogP) is 3.25. The van der Waals surface area contributed by atoms with Crippen LogP contribution in [0.3, 0.4) is 0 Å². The van der Waals surface area contributed by atoms with Crippen LogP contribution in [0.25, 0.3) is 16.0 Å². The normalized spacial score (nSPS) is 24.3. The van der Waals surface area contributed by atoms with Gasteiger partial charge < -0.3 is 33.9 Å². The molecule has 2 fully saturated rings. The number of imidazole rings is 1. The number of ether oxygens (including phenoxy) is 1. The van der Waals surface area contributed by atoms with E-state index in [-0.39, 0.29) is 50.1 Å². The number of aliphatic hydroxyl groups is 1. The van der Waals surface area contributed by atoms with Gasteiger partial charge in [-0.3, -0.25) is 9.36 Å². The largest absolute Gasteiger partial charge is 0.393 e. The van der Waals surface area contributed by atoms with Crippen molar-refractivity contribution in [3.8, 4) is 0 Å². The van der Waals surface area contributed by atoms with Crippen LogP contribution in [-0.4, -0.2) is 104 Å². The molecule has 2 bridgehead atoms. The Bertz CT molecular complexity index is 1440. The van der Waals surface area contributed by atoms with Crippen LogP contribution in [-0.2, 0) is 18.6 Å². The van der Waals surface area contributed by atoms with E-state index >= 15 is 0 Å². The number of benzene rings is 1. The number of aliphatic hydroxyl groups excluding tert-OH is 1. The third-order valence-electron chi connectivity index (χ3n) is 7.49. The third kappa shape index (κ3) is 6.00. The van der Waals surface area contributed by atoms with E-state index in [2.05, 4.69) is 57.5 Å². The Kier molecular flexibility index (Phi) is 9.65. The van der Waals surface area contributed by atoms with Gasteiger partial charge in [-0.2, -0.15) is 5.06 Å². The summed E-state index contributed by atoms with van der Waals surface area (Å²) in [7, 11) is -0.0659. The Morgan fingerprint density at radius 3 is 2.65 bits per heavy atom. The maximum Gasteiger partial charge on any atom is 0.259 e. The number of anilines is 1. The lowest BCUT2D eigenvalue weighted by Crippen LogP contribution is -2.48. The zero-order valence-corrected chi connectivity index (χ0v) is 25.7. The van der Waals surface area contributed by atoms with Gasteiger partial charge in [-0.1, -0.05) is 18.2 Å². The zero-order chi connectivity index (χ0) is 30.7. The molecule has 0 aliphatic carbocycles. The van der Waals surface area contributed by atoms with Crippen LogP contribution >= 0.6 is 8.53 Å². The van der Waals surface area contributed by atoms with E-state index in [0.29, 0.717) is 16.7 Å². The molecule has 230 valence electrons. The molecule has 43 heavy (non-hydrogen) atoms. The molecule has 4 heterocycles. The molecule has 1 aromatic carbocycles. The summed E-state index contributed by atoms with van der Waals surface area (Å²) in [5.74, 6) is -0.0636. The second kappa shape index (κ2) is 13.3. The van der Waals surface area contributed by atoms with E-state index < -0.39 is 32.5 Å². The summed E-state index contributed by atoms with van der Waals surface area (Å²) in [5, 5.41) is 15.3. The highest BCUT2D eigenvalue weighted by Gasteiger charge is 2.67. The standard InChI is InChI=1S/C28H37N8O6P/c1-18(2)36(19(3)4)43(40-13-12-29-5)42-23-22-27(41-28(23,15-37)14-35(22)39-6)34-17-32-21-24(30-16-31-25(21)34)33-26(38)20-10-8-7-9-11-20/h7-11,16-19,22-23,27,37H,12-15H2,1-4,6H3,(H,30,31,33,38)/t22-,23+,27-,28-,43?/m1/s1. The van der Waals surface area contributed by atoms with E-state index in [0.717, 1.165) is 0 Å². The van der Waals surface area contributed by atoms with Crippen LogP contribution in [0.15, 0.2) is 43.0 Å². The molecule has 1 unspecified atom stereocenters. The van der Waals surface area contributed by atoms with Gasteiger partial charge >= 0.3 is 0 Å². The number of amides is 1. The molecule has 5 atom stereocenters. The van der Waals surface area contributed by atoms with Crippen molar-refractivity contribution in [1.82, 2.24) is 29.3 Å². The van der Waals surface area contributed by atoms with Crippen LogP contribution in [0.1, 0.15) is 44.3 Å². The molecule has 2 aromatic heterocycles. The summed E-state index contributed by atoms with van der Waals surface area (Å²) in [6.07, 6.45) is 1.56. The van der Waals surface area contributed by atoms with Crippen molar-refractivity contribution < 1.29 is 28.5 Å². The van der Waals surface area contributed by atoms with Gasteiger partial charge in [0.15, 0.2) is 23.2 Å². The zero-order valence-electron chi connectivity index (χ0n) is 24.8. The molecule has 2 aliphatic heterocycles. The Morgan fingerprint density at radius 2 is 2.00 bits per heavy atom. The second-order valence-corrected chi connectivity index (χ2v) is 12.3. The van der Waals surface area contributed by atoms with Crippen molar-refractivity contribution in [2.45, 2.75) is 63.8 Å². The highest BCUT2D eigenvalue weighted by atomic mass is 31.2. The van der Waals surface area contributed by atoms with Crippen molar-refractivity contribution in [2.75, 3.05) is 38.7 Å². The second-order valence-electron chi connectivity index (χ2n) is 10.9. The molecule has 14 nitrogen and oxygen atoms in total. The lowest BCUT2D eigenvalue weighted by molar-refractivity contribution is -0.239. The molecule has 5 rings (SSSR count). The highest BCUT2D eigenvalue weighted by Crippen LogP contribution is 2.56. The van der Waals surface area contributed by atoms with Crippen molar-refractivity contribution >= 4 is 31.4 Å². The van der Waals surface area contributed by atoms with Gasteiger partial charge in [0.2, 0.25) is 6.54 Å². The molecule has 2 saturated heterocycles. The first-order valence-electron chi connectivity index (χ1n) is 14.1. The summed E-state index contributed by atoms with van der Waals surface area (Å²) in [6.45, 7) is 15.8. The molecule has 15 heteroatoms. The van der Waals surface area contributed by atoms with Gasteiger partial charge in [0.1, 0.15) is 30.7 Å². The van der Waals surface area contributed by atoms with Gasteiger partial charge in [-0.15, -0.1) is 0 Å². The van der Waals surface area contributed by atoms with Gasteiger partial charge in [-0.25, -0.2) is 26.2 Å². The van der Waals surface area contributed by atoms with E-state index in [1.165, 1.54) is 6.33 Å². The van der Waals surface area contributed by atoms with Gasteiger partial charge in [0.25, 0.3) is 14.4 Å².